The van der Waals surface area contributed by atoms with Gasteiger partial charge in [-0.2, -0.15) is 0 Å². The Hall–Kier alpha value is -2.09. The average molecular weight is 393 g/mol. The molecule has 1 N–H and O–H groups in total. The van der Waals surface area contributed by atoms with E-state index in [1.165, 1.54) is 11.1 Å². The van der Waals surface area contributed by atoms with E-state index in [1.54, 1.807) is 24.3 Å². The Labute approximate surface area is 134 Å². The number of nitrogens with one attached hydrogen (secondary N) is 1. The van der Waals surface area contributed by atoms with Crippen LogP contribution in [0.25, 0.3) is 6.08 Å². The fourth-order valence-electron chi connectivity index (χ4n) is 1.94. The Balaban J connectivity index is 1.92. The molecule has 0 atom stereocenters. The molecule has 1 saturated heterocycles. The molecule has 0 bridgehead atoms. The smallest absolute Gasteiger partial charge is 0.282 e. The van der Waals surface area contributed by atoms with Crippen molar-refractivity contribution in [2.45, 2.75) is 0 Å². The number of hydrogen-bond acceptors (Lipinski definition) is 3. The van der Waals surface area contributed by atoms with E-state index in [0.717, 1.165) is 3.57 Å². The molecule has 105 valence electrons. The van der Waals surface area contributed by atoms with Gasteiger partial charge in [0.1, 0.15) is 17.1 Å². The summed E-state index contributed by atoms with van der Waals surface area (Å²) in [5.74, 6) is 0.0222. The van der Waals surface area contributed by atoms with Crippen LogP contribution in [0.5, 0.6) is 0 Å². The Bertz CT molecular complexity index is 747. The van der Waals surface area contributed by atoms with Crippen molar-refractivity contribution in [1.82, 2.24) is 5.43 Å². The quantitative estimate of drug-likeness (QED) is 0.485. The standard InChI is InChI=1S/C15H10IN2O3/c1-9-2-7-12(21-9)8-13-14(19)17-18(15(13)20)11-5-3-10(16)4-6-11/h2-8H,1H2,(H,17,19)/b13-8+. The highest BCUT2D eigenvalue weighted by Gasteiger charge is 2.34. The summed E-state index contributed by atoms with van der Waals surface area (Å²) in [6.45, 7) is 3.63. The number of carbonyl (C=O) groups is 2. The summed E-state index contributed by atoms with van der Waals surface area (Å²) in [6, 6.07) is 10.6. The van der Waals surface area contributed by atoms with Crippen LogP contribution in [0, 0.1) is 10.5 Å². The second-order valence-corrected chi connectivity index (χ2v) is 5.67. The largest absolute Gasteiger partial charge is 0.462 e. The van der Waals surface area contributed by atoms with Crippen LogP contribution in [0.3, 0.4) is 0 Å². The molecule has 5 nitrogen and oxygen atoms in total. The van der Waals surface area contributed by atoms with Crippen molar-refractivity contribution in [3.63, 3.8) is 0 Å². The number of hydrogen-bond donors (Lipinski definition) is 1. The zero-order valence-electron chi connectivity index (χ0n) is 10.8. The van der Waals surface area contributed by atoms with Crippen LogP contribution < -0.4 is 10.4 Å². The van der Waals surface area contributed by atoms with Gasteiger partial charge in [0.15, 0.2) is 0 Å². The molecule has 1 radical (unpaired) electrons. The van der Waals surface area contributed by atoms with E-state index in [9.17, 15) is 9.59 Å². The molecule has 0 aliphatic carbocycles. The van der Waals surface area contributed by atoms with Gasteiger partial charge in [0, 0.05) is 10.5 Å². The van der Waals surface area contributed by atoms with Crippen LogP contribution in [0.15, 0.2) is 46.4 Å². The van der Waals surface area contributed by atoms with Gasteiger partial charge in [-0.25, -0.2) is 5.01 Å². The predicted octanol–water partition coefficient (Wildman–Crippen LogP) is 2.53. The van der Waals surface area contributed by atoms with Crippen LogP contribution in [-0.2, 0) is 9.59 Å². The van der Waals surface area contributed by atoms with Gasteiger partial charge >= 0.3 is 0 Å². The lowest BCUT2D eigenvalue weighted by Gasteiger charge is -2.14. The minimum atomic E-state index is -0.458. The molecular formula is C15H10IN2O3. The normalized spacial score (nSPS) is 16.7. The molecular weight excluding hydrogens is 383 g/mol. The third-order valence-electron chi connectivity index (χ3n) is 2.95. The van der Waals surface area contributed by atoms with Crippen LogP contribution >= 0.6 is 22.6 Å². The maximum absolute atomic E-state index is 12.3. The van der Waals surface area contributed by atoms with Crippen LogP contribution in [0.2, 0.25) is 0 Å². The van der Waals surface area contributed by atoms with Gasteiger partial charge in [-0.1, -0.05) is 0 Å². The molecule has 21 heavy (non-hydrogen) atoms. The summed E-state index contributed by atoms with van der Waals surface area (Å²) >= 11 is 2.17. The molecule has 3 rings (SSSR count). The molecule has 2 amide bonds. The summed E-state index contributed by atoms with van der Waals surface area (Å²) in [5.41, 5.74) is 3.17. The summed E-state index contributed by atoms with van der Waals surface area (Å²) in [5, 5.41) is 1.22. The van der Waals surface area contributed by atoms with E-state index >= 15 is 0 Å². The third kappa shape index (κ3) is 2.71. The molecule has 0 spiro atoms. The van der Waals surface area contributed by atoms with Gasteiger partial charge in [-0.15, -0.1) is 0 Å². The Morgan fingerprint density at radius 3 is 2.48 bits per heavy atom. The maximum Gasteiger partial charge on any atom is 0.282 e. The van der Waals surface area contributed by atoms with Crippen LogP contribution in [0.4, 0.5) is 5.69 Å². The van der Waals surface area contributed by atoms with Crippen molar-refractivity contribution in [1.29, 1.82) is 0 Å². The number of carbonyl (C=O) groups excluding carboxylic acids is 2. The van der Waals surface area contributed by atoms with Crippen molar-refractivity contribution in [2.24, 2.45) is 0 Å². The van der Waals surface area contributed by atoms with E-state index in [0.29, 0.717) is 17.2 Å². The molecule has 1 aromatic carbocycles. The highest BCUT2D eigenvalue weighted by atomic mass is 127. The summed E-state index contributed by atoms with van der Waals surface area (Å²) in [6.07, 6.45) is 1.42. The maximum atomic E-state index is 12.3. The zero-order valence-corrected chi connectivity index (χ0v) is 13.0. The van der Waals surface area contributed by atoms with E-state index in [-0.39, 0.29) is 5.57 Å². The van der Waals surface area contributed by atoms with Gasteiger partial charge in [0.05, 0.1) is 5.69 Å². The minimum Gasteiger partial charge on any atom is -0.462 e. The number of rotatable bonds is 2. The number of nitrogens with zero attached hydrogens (tertiary/aromatic N) is 1. The highest BCUT2D eigenvalue weighted by Crippen LogP contribution is 2.22. The van der Waals surface area contributed by atoms with Gasteiger partial charge in [0.2, 0.25) is 0 Å². The molecule has 1 fully saturated rings. The SMILES string of the molecule is [CH2]c1ccc(/C=C2\C(=O)NN(c3ccc(I)cc3)C2=O)o1. The molecule has 1 aromatic heterocycles. The second kappa shape index (κ2) is 5.36. The van der Waals surface area contributed by atoms with Crippen molar-refractivity contribution < 1.29 is 14.0 Å². The minimum absolute atomic E-state index is 0.0305. The van der Waals surface area contributed by atoms with Gasteiger partial charge in [-0.05, 0) is 65.1 Å². The number of furan rings is 1. The first-order valence-corrected chi connectivity index (χ1v) is 7.17. The van der Waals surface area contributed by atoms with Crippen molar-refractivity contribution in [2.75, 3.05) is 5.01 Å². The first kappa shape index (κ1) is 13.9. The molecule has 6 heteroatoms. The Morgan fingerprint density at radius 2 is 1.86 bits per heavy atom. The van der Waals surface area contributed by atoms with Crippen molar-refractivity contribution in [3.05, 3.63) is 64.0 Å². The van der Waals surface area contributed by atoms with Crippen molar-refractivity contribution in [3.8, 4) is 0 Å². The average Bonchev–Trinajstić information content (AvgIpc) is 2.98. The fourth-order valence-corrected chi connectivity index (χ4v) is 2.30. The lowest BCUT2D eigenvalue weighted by atomic mass is 10.2. The molecule has 2 aromatic rings. The highest BCUT2D eigenvalue weighted by molar-refractivity contribution is 14.1. The van der Waals surface area contributed by atoms with Crippen molar-refractivity contribution >= 4 is 46.2 Å². The fraction of sp³-hybridized carbons (Fsp3) is 0. The predicted molar refractivity (Wildman–Crippen MR) is 85.9 cm³/mol. The van der Waals surface area contributed by atoms with E-state index < -0.39 is 11.8 Å². The topological polar surface area (TPSA) is 62.6 Å². The monoisotopic (exact) mass is 393 g/mol. The molecule has 0 unspecified atom stereocenters. The molecule has 2 heterocycles. The molecule has 0 saturated carbocycles. The Morgan fingerprint density at radius 1 is 1.14 bits per heavy atom. The van der Waals surface area contributed by atoms with Gasteiger partial charge in [-0.3, -0.25) is 15.0 Å². The van der Waals surface area contributed by atoms with E-state index in [4.69, 9.17) is 4.42 Å². The van der Waals surface area contributed by atoms with Crippen LogP contribution in [0.1, 0.15) is 11.5 Å². The van der Waals surface area contributed by atoms with Gasteiger partial charge in [0.25, 0.3) is 11.8 Å². The number of hydrazine groups is 1. The lowest BCUT2D eigenvalue weighted by molar-refractivity contribution is -0.117. The van der Waals surface area contributed by atoms with Gasteiger partial charge < -0.3 is 4.42 Å². The summed E-state index contributed by atoms with van der Waals surface area (Å²) in [4.78, 5) is 24.3. The Kier molecular flexibility index (Phi) is 3.54. The zero-order chi connectivity index (χ0) is 15.0. The lowest BCUT2D eigenvalue weighted by Crippen LogP contribution is -2.35. The molecule has 1 aliphatic rings. The van der Waals surface area contributed by atoms with Crippen LogP contribution in [-0.4, -0.2) is 11.8 Å². The first-order valence-electron chi connectivity index (χ1n) is 6.09. The summed E-state index contributed by atoms with van der Waals surface area (Å²) < 4.78 is 6.30. The summed E-state index contributed by atoms with van der Waals surface area (Å²) in [7, 11) is 0. The number of amides is 2. The first-order chi connectivity index (χ1) is 10.0. The second-order valence-electron chi connectivity index (χ2n) is 4.42. The number of benzene rings is 1. The van der Waals surface area contributed by atoms with E-state index in [2.05, 4.69) is 34.9 Å². The molecule has 1 aliphatic heterocycles. The number of anilines is 1. The van der Waals surface area contributed by atoms with E-state index in [1.807, 2.05) is 12.1 Å². The third-order valence-corrected chi connectivity index (χ3v) is 3.66. The number of halogens is 1.